The van der Waals surface area contributed by atoms with E-state index in [1.165, 1.54) is 12.2 Å². The van der Waals surface area contributed by atoms with E-state index < -0.39 is 0 Å². The summed E-state index contributed by atoms with van der Waals surface area (Å²) >= 11 is 2.10. The number of hydrogen-bond acceptors (Lipinski definition) is 3. The van der Waals surface area contributed by atoms with E-state index in [-0.39, 0.29) is 24.0 Å². The first-order valence-electron chi connectivity index (χ1n) is 7.56. The monoisotopic (exact) mass is 413 g/mol. The summed E-state index contributed by atoms with van der Waals surface area (Å²) in [6.07, 6.45) is 2.41. The number of hydrogen-bond donors (Lipinski definition) is 1. The van der Waals surface area contributed by atoms with Gasteiger partial charge in [-0.2, -0.15) is 11.8 Å². The first kappa shape index (κ1) is 18.4. The lowest BCUT2D eigenvalue weighted by atomic mass is 10.1. The van der Waals surface area contributed by atoms with Gasteiger partial charge in [0.1, 0.15) is 0 Å². The third-order valence-corrected chi connectivity index (χ3v) is 5.12. The number of nitrogens with zero attached hydrogens (tertiary/aromatic N) is 2. The molecule has 0 aliphatic carbocycles. The minimum absolute atomic E-state index is 0. The van der Waals surface area contributed by atoms with Crippen molar-refractivity contribution in [2.24, 2.45) is 10.9 Å². The quantitative estimate of drug-likeness (QED) is 0.437. The Morgan fingerprint density at radius 2 is 2.30 bits per heavy atom. The van der Waals surface area contributed by atoms with E-state index in [4.69, 9.17) is 9.73 Å². The second-order valence-electron chi connectivity index (χ2n) is 5.27. The summed E-state index contributed by atoms with van der Waals surface area (Å²) < 4.78 is 5.42. The number of guanidine groups is 1. The fourth-order valence-electron chi connectivity index (χ4n) is 2.53. The molecule has 2 atom stereocenters. The van der Waals surface area contributed by atoms with Gasteiger partial charge in [0.15, 0.2) is 5.96 Å². The number of nitrogens with one attached hydrogen (secondary N) is 1. The summed E-state index contributed by atoms with van der Waals surface area (Å²) in [4.78, 5) is 7.26. The van der Waals surface area contributed by atoms with Crippen molar-refractivity contribution in [3.05, 3.63) is 0 Å². The molecule has 2 aliphatic rings. The molecule has 0 radical (unpaired) electrons. The molecule has 2 heterocycles. The molecule has 0 aromatic heterocycles. The maximum Gasteiger partial charge on any atom is 0.193 e. The van der Waals surface area contributed by atoms with Gasteiger partial charge in [0.2, 0.25) is 0 Å². The minimum Gasteiger partial charge on any atom is -0.381 e. The Bertz CT molecular complexity index is 298. The molecule has 2 fully saturated rings. The lowest BCUT2D eigenvalue weighted by Gasteiger charge is -2.34. The van der Waals surface area contributed by atoms with E-state index in [0.717, 1.165) is 57.0 Å². The molecule has 1 N–H and O–H groups in total. The van der Waals surface area contributed by atoms with E-state index in [9.17, 15) is 0 Å². The molecule has 0 bridgehead atoms. The van der Waals surface area contributed by atoms with Crippen LogP contribution >= 0.6 is 35.7 Å². The first-order chi connectivity index (χ1) is 9.33. The van der Waals surface area contributed by atoms with E-state index in [2.05, 4.69) is 35.8 Å². The Morgan fingerprint density at radius 1 is 1.45 bits per heavy atom. The number of aliphatic imine (C=N–C) groups is 1. The minimum atomic E-state index is 0. The Labute approximate surface area is 144 Å². The Balaban J connectivity index is 0.00000200. The van der Waals surface area contributed by atoms with Crippen molar-refractivity contribution < 1.29 is 4.74 Å². The fraction of sp³-hybridized carbons (Fsp3) is 0.929. The van der Waals surface area contributed by atoms with E-state index in [0.29, 0.717) is 5.92 Å². The average Bonchev–Trinajstić information content (AvgIpc) is 2.97. The zero-order chi connectivity index (χ0) is 13.5. The van der Waals surface area contributed by atoms with Crippen LogP contribution in [-0.2, 0) is 4.74 Å². The molecule has 20 heavy (non-hydrogen) atoms. The van der Waals surface area contributed by atoms with E-state index in [1.807, 2.05) is 0 Å². The highest BCUT2D eigenvalue weighted by Gasteiger charge is 2.22. The highest BCUT2D eigenvalue weighted by atomic mass is 127. The number of ether oxygens (including phenoxy) is 1. The average molecular weight is 413 g/mol. The van der Waals surface area contributed by atoms with Crippen molar-refractivity contribution in [1.29, 1.82) is 0 Å². The van der Waals surface area contributed by atoms with Crippen LogP contribution in [0.25, 0.3) is 0 Å². The molecule has 2 saturated heterocycles. The highest BCUT2D eigenvalue weighted by Crippen LogP contribution is 2.21. The van der Waals surface area contributed by atoms with Gasteiger partial charge in [-0.05, 0) is 19.8 Å². The first-order valence-corrected chi connectivity index (χ1v) is 8.61. The maximum atomic E-state index is 5.42. The lowest BCUT2D eigenvalue weighted by Crippen LogP contribution is -2.48. The Kier molecular flexibility index (Phi) is 9.28. The summed E-state index contributed by atoms with van der Waals surface area (Å²) in [5.41, 5.74) is 0. The van der Waals surface area contributed by atoms with Crippen LogP contribution in [0.5, 0.6) is 0 Å². The van der Waals surface area contributed by atoms with Gasteiger partial charge in [-0.1, -0.05) is 6.92 Å². The third kappa shape index (κ3) is 5.60. The summed E-state index contributed by atoms with van der Waals surface area (Å²) in [5, 5.41) is 4.20. The highest BCUT2D eigenvalue weighted by molar-refractivity contribution is 14.0. The zero-order valence-corrected chi connectivity index (χ0v) is 15.8. The van der Waals surface area contributed by atoms with Crippen LogP contribution < -0.4 is 5.32 Å². The lowest BCUT2D eigenvalue weighted by molar-refractivity contribution is 0.187. The van der Waals surface area contributed by atoms with Crippen LogP contribution in [0.3, 0.4) is 0 Å². The van der Waals surface area contributed by atoms with Crippen LogP contribution in [0.4, 0.5) is 0 Å². The molecule has 2 rings (SSSR count). The van der Waals surface area contributed by atoms with Crippen LogP contribution in [0.2, 0.25) is 0 Å². The Hall–Kier alpha value is 0.310. The standard InChI is InChI=1S/C14H27N3OS.HI/c1-3-13-10-17(6-8-19-13)14(15-4-2)16-9-12-5-7-18-11-12;/h12-13H,3-11H2,1-2H3,(H,15,16);1H. The summed E-state index contributed by atoms with van der Waals surface area (Å²) in [6.45, 7) is 10.3. The predicted molar refractivity (Wildman–Crippen MR) is 98.4 cm³/mol. The molecule has 2 aliphatic heterocycles. The van der Waals surface area contributed by atoms with E-state index in [1.54, 1.807) is 0 Å². The van der Waals surface area contributed by atoms with Gasteiger partial charge in [-0.3, -0.25) is 4.99 Å². The van der Waals surface area contributed by atoms with Crippen molar-refractivity contribution in [2.45, 2.75) is 31.9 Å². The summed E-state index contributed by atoms with van der Waals surface area (Å²) in [6, 6.07) is 0. The molecular formula is C14H28IN3OS. The van der Waals surface area contributed by atoms with E-state index >= 15 is 0 Å². The van der Waals surface area contributed by atoms with Crippen LogP contribution in [0.1, 0.15) is 26.7 Å². The maximum absolute atomic E-state index is 5.42. The molecule has 2 unspecified atom stereocenters. The second-order valence-corrected chi connectivity index (χ2v) is 6.68. The zero-order valence-electron chi connectivity index (χ0n) is 12.6. The van der Waals surface area contributed by atoms with Gasteiger partial charge in [-0.25, -0.2) is 0 Å². The van der Waals surface area contributed by atoms with Gasteiger partial charge in [0.25, 0.3) is 0 Å². The molecule has 0 aromatic rings. The molecule has 0 aromatic carbocycles. The van der Waals surface area contributed by atoms with Gasteiger partial charge in [-0.15, -0.1) is 24.0 Å². The normalized spacial score (nSPS) is 27.3. The smallest absolute Gasteiger partial charge is 0.193 e. The van der Waals surface area contributed by atoms with Crippen molar-refractivity contribution in [1.82, 2.24) is 10.2 Å². The molecule has 0 amide bonds. The third-order valence-electron chi connectivity index (χ3n) is 3.75. The molecule has 118 valence electrons. The van der Waals surface area contributed by atoms with Gasteiger partial charge in [0, 0.05) is 49.7 Å². The SMILES string of the molecule is CCNC(=NCC1CCOC1)N1CCSC(CC)C1.I. The largest absolute Gasteiger partial charge is 0.381 e. The fourth-order valence-corrected chi connectivity index (χ4v) is 3.71. The molecule has 0 saturated carbocycles. The summed E-state index contributed by atoms with van der Waals surface area (Å²) in [5.74, 6) is 2.94. The van der Waals surface area contributed by atoms with Crippen molar-refractivity contribution in [3.8, 4) is 0 Å². The van der Waals surface area contributed by atoms with Gasteiger partial charge >= 0.3 is 0 Å². The molecular weight excluding hydrogens is 385 g/mol. The summed E-state index contributed by atoms with van der Waals surface area (Å²) in [7, 11) is 0. The number of thioether (sulfide) groups is 1. The topological polar surface area (TPSA) is 36.9 Å². The Morgan fingerprint density at radius 3 is 2.95 bits per heavy atom. The molecule has 4 nitrogen and oxygen atoms in total. The van der Waals surface area contributed by atoms with Crippen molar-refractivity contribution in [2.75, 3.05) is 45.1 Å². The molecule has 0 spiro atoms. The van der Waals surface area contributed by atoms with Crippen LogP contribution in [-0.4, -0.2) is 61.3 Å². The van der Waals surface area contributed by atoms with Gasteiger partial charge < -0.3 is 15.0 Å². The van der Waals surface area contributed by atoms with Gasteiger partial charge in [0.05, 0.1) is 6.61 Å². The number of halogens is 1. The second kappa shape index (κ2) is 10.1. The van der Waals surface area contributed by atoms with Crippen molar-refractivity contribution >= 4 is 41.7 Å². The number of rotatable bonds is 4. The van der Waals surface area contributed by atoms with Crippen molar-refractivity contribution in [3.63, 3.8) is 0 Å². The predicted octanol–water partition coefficient (Wildman–Crippen LogP) is 2.43. The van der Waals surface area contributed by atoms with Crippen LogP contribution in [0.15, 0.2) is 4.99 Å². The molecule has 6 heteroatoms. The van der Waals surface area contributed by atoms with Crippen LogP contribution in [0, 0.1) is 5.92 Å².